The molecule has 1 heterocycles. The first kappa shape index (κ1) is 14.1. The van der Waals surface area contributed by atoms with Crippen LogP contribution in [0.3, 0.4) is 0 Å². The summed E-state index contributed by atoms with van der Waals surface area (Å²) in [6.45, 7) is 4.56. The molecule has 1 aromatic rings. The van der Waals surface area contributed by atoms with E-state index in [4.69, 9.17) is 4.74 Å². The lowest BCUT2D eigenvalue weighted by molar-refractivity contribution is 0.111. The van der Waals surface area contributed by atoms with Gasteiger partial charge in [0.1, 0.15) is 0 Å². The number of aromatic nitrogens is 1. The average Bonchev–Trinajstić information content (AvgIpc) is 2.30. The monoisotopic (exact) mass is 237 g/mol. The highest BCUT2D eigenvalue weighted by molar-refractivity contribution is 5.11. The molecule has 0 aliphatic heterocycles. The highest BCUT2D eigenvalue weighted by Gasteiger charge is 2.09. The van der Waals surface area contributed by atoms with E-state index in [0.29, 0.717) is 6.04 Å². The average molecular weight is 237 g/mol. The van der Waals surface area contributed by atoms with Crippen LogP contribution < -0.4 is 5.32 Å². The summed E-state index contributed by atoms with van der Waals surface area (Å²) in [5, 5.41) is 3.11. The van der Waals surface area contributed by atoms with Crippen LogP contribution in [0.15, 0.2) is 18.2 Å². The first-order valence-electron chi connectivity index (χ1n) is 5.96. The smallest absolute Gasteiger partial charge is 0.0615 e. The number of ether oxygens (including phenoxy) is 1. The molecule has 0 saturated heterocycles. The van der Waals surface area contributed by atoms with Gasteiger partial charge < -0.3 is 10.1 Å². The fourth-order valence-corrected chi connectivity index (χ4v) is 1.68. The summed E-state index contributed by atoms with van der Waals surface area (Å²) in [6.07, 6.45) is 0. The Morgan fingerprint density at radius 1 is 1.41 bits per heavy atom. The number of hydrogen-bond donors (Lipinski definition) is 1. The van der Waals surface area contributed by atoms with Crippen molar-refractivity contribution in [2.45, 2.75) is 26.1 Å². The topological polar surface area (TPSA) is 37.4 Å². The van der Waals surface area contributed by atoms with Gasteiger partial charge >= 0.3 is 0 Å². The van der Waals surface area contributed by atoms with Crippen molar-refractivity contribution in [1.82, 2.24) is 15.2 Å². The predicted molar refractivity (Wildman–Crippen MR) is 69.8 cm³/mol. The van der Waals surface area contributed by atoms with Gasteiger partial charge in [-0.2, -0.15) is 0 Å². The number of hydrogen-bond acceptors (Lipinski definition) is 4. The molecular formula is C13H23N3O. The van der Waals surface area contributed by atoms with E-state index in [1.807, 2.05) is 13.1 Å². The van der Waals surface area contributed by atoms with Gasteiger partial charge in [-0.1, -0.05) is 6.07 Å². The Kier molecular flexibility index (Phi) is 6.11. The molecule has 0 radical (unpaired) electrons. The molecule has 96 valence electrons. The number of methoxy groups -OCH3 is 1. The van der Waals surface area contributed by atoms with E-state index in [-0.39, 0.29) is 0 Å². The summed E-state index contributed by atoms with van der Waals surface area (Å²) in [5.74, 6) is 0. The number of nitrogens with zero attached hydrogens (tertiary/aromatic N) is 2. The van der Waals surface area contributed by atoms with Crippen LogP contribution >= 0.6 is 0 Å². The molecule has 0 fully saturated rings. The molecule has 4 heteroatoms. The Bertz CT molecular complexity index is 330. The Labute approximate surface area is 104 Å². The lowest BCUT2D eigenvalue weighted by Gasteiger charge is -2.23. The molecule has 17 heavy (non-hydrogen) atoms. The number of likely N-dealkylation sites (N-methyl/N-ethyl adjacent to an activating group) is 1. The first-order valence-corrected chi connectivity index (χ1v) is 5.96. The van der Waals surface area contributed by atoms with Gasteiger partial charge in [-0.15, -0.1) is 0 Å². The van der Waals surface area contributed by atoms with E-state index in [1.54, 1.807) is 7.11 Å². The zero-order valence-corrected chi connectivity index (χ0v) is 11.2. The maximum Gasteiger partial charge on any atom is 0.0615 e. The van der Waals surface area contributed by atoms with Crippen LogP contribution in [-0.4, -0.2) is 43.7 Å². The molecule has 1 aromatic heterocycles. The molecule has 1 rings (SSSR count). The third-order valence-electron chi connectivity index (χ3n) is 2.79. The van der Waals surface area contributed by atoms with E-state index >= 15 is 0 Å². The molecular weight excluding hydrogens is 214 g/mol. The van der Waals surface area contributed by atoms with Gasteiger partial charge in [-0.3, -0.25) is 9.88 Å². The molecule has 0 amide bonds. The lowest BCUT2D eigenvalue weighted by atomic mass is 10.2. The molecule has 0 bridgehead atoms. The summed E-state index contributed by atoms with van der Waals surface area (Å²) in [6, 6.07) is 6.56. The van der Waals surface area contributed by atoms with Crippen molar-refractivity contribution in [2.24, 2.45) is 0 Å². The fourth-order valence-electron chi connectivity index (χ4n) is 1.68. The largest absolute Gasteiger partial charge is 0.383 e. The van der Waals surface area contributed by atoms with Crippen molar-refractivity contribution in [3.8, 4) is 0 Å². The van der Waals surface area contributed by atoms with Crippen LogP contribution in [0.4, 0.5) is 0 Å². The number of rotatable bonds is 7. The second-order valence-electron chi connectivity index (χ2n) is 4.37. The molecule has 0 saturated carbocycles. The molecule has 0 aliphatic carbocycles. The molecule has 4 nitrogen and oxygen atoms in total. The summed E-state index contributed by atoms with van der Waals surface area (Å²) < 4.78 is 5.15. The highest BCUT2D eigenvalue weighted by Crippen LogP contribution is 2.05. The van der Waals surface area contributed by atoms with Gasteiger partial charge in [0.25, 0.3) is 0 Å². The van der Waals surface area contributed by atoms with E-state index in [0.717, 1.165) is 31.1 Å². The predicted octanol–water partition coefficient (Wildman–Crippen LogP) is 1.27. The minimum atomic E-state index is 0.398. The van der Waals surface area contributed by atoms with Crippen molar-refractivity contribution in [1.29, 1.82) is 0 Å². The highest BCUT2D eigenvalue weighted by atomic mass is 16.5. The molecule has 1 N–H and O–H groups in total. The molecule has 0 aromatic carbocycles. The zero-order valence-electron chi connectivity index (χ0n) is 11.2. The third kappa shape index (κ3) is 4.81. The summed E-state index contributed by atoms with van der Waals surface area (Å²) in [7, 11) is 5.76. The molecule has 0 aliphatic rings. The molecule has 1 atom stereocenters. The van der Waals surface area contributed by atoms with Gasteiger partial charge in [0.05, 0.1) is 18.0 Å². The SMILES string of the molecule is CNCc1cccc(CN(C)C(C)COC)n1. The van der Waals surface area contributed by atoms with Gasteiger partial charge in [-0.25, -0.2) is 0 Å². The summed E-state index contributed by atoms with van der Waals surface area (Å²) in [4.78, 5) is 6.85. The second-order valence-corrected chi connectivity index (χ2v) is 4.37. The zero-order chi connectivity index (χ0) is 12.7. The molecule has 1 unspecified atom stereocenters. The van der Waals surface area contributed by atoms with E-state index in [1.165, 1.54) is 0 Å². The van der Waals surface area contributed by atoms with E-state index in [2.05, 4.69) is 41.3 Å². The van der Waals surface area contributed by atoms with Crippen LogP contribution in [0, 0.1) is 0 Å². The Morgan fingerprint density at radius 2 is 2.12 bits per heavy atom. The van der Waals surface area contributed by atoms with Crippen molar-refractivity contribution < 1.29 is 4.74 Å². The maximum absolute atomic E-state index is 5.15. The Balaban J connectivity index is 2.58. The van der Waals surface area contributed by atoms with Crippen LogP contribution in [0.25, 0.3) is 0 Å². The Hall–Kier alpha value is -0.970. The van der Waals surface area contributed by atoms with Crippen LogP contribution in [0.5, 0.6) is 0 Å². The van der Waals surface area contributed by atoms with Crippen molar-refractivity contribution in [3.63, 3.8) is 0 Å². The normalized spacial score (nSPS) is 13.0. The lowest BCUT2D eigenvalue weighted by Crippen LogP contribution is -2.32. The van der Waals surface area contributed by atoms with Crippen molar-refractivity contribution >= 4 is 0 Å². The second kappa shape index (κ2) is 7.37. The van der Waals surface area contributed by atoms with Gasteiger partial charge in [0.2, 0.25) is 0 Å². The van der Waals surface area contributed by atoms with Gasteiger partial charge in [0, 0.05) is 26.2 Å². The first-order chi connectivity index (χ1) is 8.17. The summed E-state index contributed by atoms with van der Waals surface area (Å²) >= 11 is 0. The third-order valence-corrected chi connectivity index (χ3v) is 2.79. The summed E-state index contributed by atoms with van der Waals surface area (Å²) in [5.41, 5.74) is 2.18. The van der Waals surface area contributed by atoms with Crippen LogP contribution in [0.2, 0.25) is 0 Å². The van der Waals surface area contributed by atoms with E-state index in [9.17, 15) is 0 Å². The Morgan fingerprint density at radius 3 is 2.76 bits per heavy atom. The van der Waals surface area contributed by atoms with Crippen LogP contribution in [-0.2, 0) is 17.8 Å². The van der Waals surface area contributed by atoms with Gasteiger partial charge in [-0.05, 0) is 33.2 Å². The number of nitrogens with one attached hydrogen (secondary N) is 1. The minimum absolute atomic E-state index is 0.398. The fraction of sp³-hybridized carbons (Fsp3) is 0.615. The number of pyridine rings is 1. The van der Waals surface area contributed by atoms with Crippen molar-refractivity contribution in [2.75, 3.05) is 27.8 Å². The van der Waals surface area contributed by atoms with Gasteiger partial charge in [0.15, 0.2) is 0 Å². The maximum atomic E-state index is 5.15. The van der Waals surface area contributed by atoms with E-state index < -0.39 is 0 Å². The quantitative estimate of drug-likeness (QED) is 0.775. The minimum Gasteiger partial charge on any atom is -0.383 e. The standard InChI is InChI=1S/C13H23N3O/c1-11(10-17-4)16(3)9-13-7-5-6-12(15-13)8-14-2/h5-7,11,14H,8-10H2,1-4H3. The molecule has 0 spiro atoms. The van der Waals surface area contributed by atoms with Crippen LogP contribution in [0.1, 0.15) is 18.3 Å². The van der Waals surface area contributed by atoms with Crippen molar-refractivity contribution in [3.05, 3.63) is 29.6 Å².